The van der Waals surface area contributed by atoms with Gasteiger partial charge in [0, 0.05) is 22.5 Å². The van der Waals surface area contributed by atoms with E-state index in [9.17, 15) is 4.79 Å². The number of rotatable bonds is 8. The Morgan fingerprint density at radius 1 is 1.23 bits per heavy atom. The van der Waals surface area contributed by atoms with Gasteiger partial charge in [-0.05, 0) is 67.8 Å². The summed E-state index contributed by atoms with van der Waals surface area (Å²) in [5, 5.41) is 3.01. The molecule has 0 saturated heterocycles. The number of nitrogens with zero attached hydrogens (tertiary/aromatic N) is 1. The van der Waals surface area contributed by atoms with Gasteiger partial charge < -0.3 is 9.73 Å². The lowest BCUT2D eigenvalue weighted by Gasteiger charge is -2.20. The fraction of sp³-hybridized carbons (Fsp3) is 0.476. The maximum absolute atomic E-state index is 12.5. The molecule has 1 heterocycles. The number of anilines is 1. The number of furan rings is 1. The molecule has 4 rings (SSSR count). The molecule has 2 saturated carbocycles. The lowest BCUT2D eigenvalue weighted by Crippen LogP contribution is -2.34. The zero-order valence-electron chi connectivity index (χ0n) is 15.4. The number of nitrogens with one attached hydrogen (secondary N) is 1. The summed E-state index contributed by atoms with van der Waals surface area (Å²) < 4.78 is 6.04. The van der Waals surface area contributed by atoms with Gasteiger partial charge in [-0.3, -0.25) is 9.69 Å². The minimum absolute atomic E-state index is 0.0383. The molecule has 26 heavy (non-hydrogen) atoms. The Labute approximate surface area is 159 Å². The van der Waals surface area contributed by atoms with E-state index in [4.69, 9.17) is 4.42 Å². The summed E-state index contributed by atoms with van der Waals surface area (Å²) in [6.45, 7) is 3.38. The van der Waals surface area contributed by atoms with Crippen LogP contribution >= 0.6 is 11.8 Å². The molecule has 1 N–H and O–H groups in total. The predicted octanol–water partition coefficient (Wildman–Crippen LogP) is 4.73. The first kappa shape index (κ1) is 17.7. The van der Waals surface area contributed by atoms with E-state index in [1.807, 2.05) is 30.5 Å². The van der Waals surface area contributed by atoms with E-state index in [1.165, 1.54) is 24.2 Å². The van der Waals surface area contributed by atoms with Crippen LogP contribution in [-0.4, -0.2) is 29.6 Å². The zero-order chi connectivity index (χ0) is 18.1. The minimum atomic E-state index is 0.0383. The lowest BCUT2D eigenvalue weighted by atomic mass is 10.3. The first-order valence-electron chi connectivity index (χ1n) is 9.39. The predicted molar refractivity (Wildman–Crippen MR) is 106 cm³/mol. The molecular formula is C21H26N2O2S. The molecule has 138 valence electrons. The average Bonchev–Trinajstić information content (AvgIpc) is 3.55. The minimum Gasteiger partial charge on any atom is -0.464 e. The van der Waals surface area contributed by atoms with E-state index >= 15 is 0 Å². The van der Waals surface area contributed by atoms with Gasteiger partial charge in [-0.2, -0.15) is 0 Å². The summed E-state index contributed by atoms with van der Waals surface area (Å²) in [6.07, 6.45) is 5.62. The Morgan fingerprint density at radius 2 is 1.96 bits per heavy atom. The Kier molecular flexibility index (Phi) is 5.09. The van der Waals surface area contributed by atoms with Crippen molar-refractivity contribution in [1.82, 2.24) is 4.90 Å². The Morgan fingerprint density at radius 3 is 2.58 bits per heavy atom. The largest absolute Gasteiger partial charge is 0.464 e. The maximum Gasteiger partial charge on any atom is 0.238 e. The first-order valence-corrected chi connectivity index (χ1v) is 10.6. The first-order chi connectivity index (χ1) is 12.6. The van der Waals surface area contributed by atoms with Crippen molar-refractivity contribution < 1.29 is 9.21 Å². The highest BCUT2D eigenvalue weighted by Crippen LogP contribution is 2.47. The van der Waals surface area contributed by atoms with Gasteiger partial charge in [0.2, 0.25) is 5.91 Å². The normalized spacial score (nSPS) is 21.8. The number of carbonyl (C=O) groups excluding carboxylic acids is 1. The van der Waals surface area contributed by atoms with Crippen LogP contribution in [-0.2, 0) is 11.3 Å². The Bertz CT molecular complexity index is 767. The van der Waals surface area contributed by atoms with Crippen LogP contribution in [0.15, 0.2) is 45.7 Å². The SMILES string of the molecule is CSc1ccc(NC(=O)CN(Cc2ccc(C3CC3C)o2)C2CC2)cc1. The maximum atomic E-state index is 12.5. The molecule has 1 aromatic heterocycles. The Balaban J connectivity index is 1.34. The van der Waals surface area contributed by atoms with Crippen molar-refractivity contribution in [3.05, 3.63) is 47.9 Å². The molecule has 0 bridgehead atoms. The van der Waals surface area contributed by atoms with Crippen molar-refractivity contribution in [2.24, 2.45) is 5.92 Å². The van der Waals surface area contributed by atoms with Crippen molar-refractivity contribution in [2.45, 2.75) is 49.6 Å². The van der Waals surface area contributed by atoms with Crippen molar-refractivity contribution >= 4 is 23.4 Å². The summed E-state index contributed by atoms with van der Waals surface area (Å²) >= 11 is 1.70. The Hall–Kier alpha value is -1.72. The summed E-state index contributed by atoms with van der Waals surface area (Å²) in [6, 6.07) is 12.7. The molecular weight excluding hydrogens is 344 g/mol. The van der Waals surface area contributed by atoms with Crippen molar-refractivity contribution in [3.63, 3.8) is 0 Å². The summed E-state index contributed by atoms with van der Waals surface area (Å²) in [5.74, 6) is 3.48. The molecule has 2 unspecified atom stereocenters. The molecule has 5 heteroatoms. The molecule has 1 amide bonds. The van der Waals surface area contributed by atoms with E-state index in [0.29, 0.717) is 25.0 Å². The van der Waals surface area contributed by atoms with E-state index in [-0.39, 0.29) is 5.91 Å². The van der Waals surface area contributed by atoms with Crippen LogP contribution in [0.5, 0.6) is 0 Å². The quantitative estimate of drug-likeness (QED) is 0.683. The number of amides is 1. The molecule has 0 aliphatic heterocycles. The molecule has 4 nitrogen and oxygen atoms in total. The number of benzene rings is 1. The van der Waals surface area contributed by atoms with Gasteiger partial charge in [0.05, 0.1) is 13.1 Å². The molecule has 1 aromatic carbocycles. The average molecular weight is 371 g/mol. The monoisotopic (exact) mass is 370 g/mol. The zero-order valence-corrected chi connectivity index (χ0v) is 16.2. The molecule has 2 fully saturated rings. The third-order valence-electron chi connectivity index (χ3n) is 5.30. The second-order valence-electron chi connectivity index (χ2n) is 7.54. The van der Waals surface area contributed by atoms with E-state index < -0.39 is 0 Å². The van der Waals surface area contributed by atoms with E-state index in [0.717, 1.165) is 23.1 Å². The second kappa shape index (κ2) is 7.49. The second-order valence-corrected chi connectivity index (χ2v) is 8.42. The lowest BCUT2D eigenvalue weighted by molar-refractivity contribution is -0.117. The standard InChI is InChI=1S/C21H26N2O2S/c1-14-11-19(14)20-10-7-17(25-20)12-23(16-5-6-16)13-21(24)22-15-3-8-18(26-2)9-4-15/h3-4,7-10,14,16,19H,5-6,11-13H2,1-2H3,(H,22,24). The molecule has 2 atom stereocenters. The number of hydrogen-bond donors (Lipinski definition) is 1. The highest BCUT2D eigenvalue weighted by Gasteiger charge is 2.37. The third-order valence-corrected chi connectivity index (χ3v) is 6.04. The molecule has 0 spiro atoms. The fourth-order valence-corrected chi connectivity index (χ4v) is 3.82. The van der Waals surface area contributed by atoms with Gasteiger partial charge in [-0.1, -0.05) is 6.92 Å². The topological polar surface area (TPSA) is 45.5 Å². The van der Waals surface area contributed by atoms with Crippen LogP contribution in [0.3, 0.4) is 0 Å². The summed E-state index contributed by atoms with van der Waals surface area (Å²) in [5.41, 5.74) is 0.853. The van der Waals surface area contributed by atoms with Crippen LogP contribution in [0.2, 0.25) is 0 Å². The van der Waals surface area contributed by atoms with E-state index in [2.05, 4.69) is 29.3 Å². The van der Waals surface area contributed by atoms with Gasteiger partial charge >= 0.3 is 0 Å². The van der Waals surface area contributed by atoms with Crippen molar-refractivity contribution in [2.75, 3.05) is 18.1 Å². The fourth-order valence-electron chi connectivity index (χ4n) is 3.41. The summed E-state index contributed by atoms with van der Waals surface area (Å²) in [4.78, 5) is 15.9. The van der Waals surface area contributed by atoms with Crippen LogP contribution < -0.4 is 5.32 Å². The number of thioether (sulfide) groups is 1. The molecule has 2 aromatic rings. The highest BCUT2D eigenvalue weighted by molar-refractivity contribution is 7.98. The van der Waals surface area contributed by atoms with Gasteiger partial charge in [0.15, 0.2) is 0 Å². The van der Waals surface area contributed by atoms with Crippen molar-refractivity contribution in [3.8, 4) is 0 Å². The van der Waals surface area contributed by atoms with Crippen LogP contribution in [0.25, 0.3) is 0 Å². The van der Waals surface area contributed by atoms with Gasteiger partial charge in [0.1, 0.15) is 11.5 Å². The third kappa shape index (κ3) is 4.33. The molecule has 0 radical (unpaired) electrons. The van der Waals surface area contributed by atoms with Crippen LogP contribution in [0.4, 0.5) is 5.69 Å². The molecule has 2 aliphatic carbocycles. The van der Waals surface area contributed by atoms with Crippen molar-refractivity contribution in [1.29, 1.82) is 0 Å². The van der Waals surface area contributed by atoms with Crippen LogP contribution in [0, 0.1) is 5.92 Å². The number of hydrogen-bond acceptors (Lipinski definition) is 4. The van der Waals surface area contributed by atoms with Gasteiger partial charge in [0.25, 0.3) is 0 Å². The highest BCUT2D eigenvalue weighted by atomic mass is 32.2. The van der Waals surface area contributed by atoms with Gasteiger partial charge in [-0.15, -0.1) is 11.8 Å². The van der Waals surface area contributed by atoms with Crippen LogP contribution in [0.1, 0.15) is 43.6 Å². The molecule has 2 aliphatic rings. The van der Waals surface area contributed by atoms with E-state index in [1.54, 1.807) is 11.8 Å². The summed E-state index contributed by atoms with van der Waals surface area (Å²) in [7, 11) is 0. The van der Waals surface area contributed by atoms with Gasteiger partial charge in [-0.25, -0.2) is 0 Å². The smallest absolute Gasteiger partial charge is 0.238 e. The number of carbonyl (C=O) groups is 1.